The van der Waals surface area contributed by atoms with Gasteiger partial charge in [0.2, 0.25) is 0 Å². The largest absolute Gasteiger partial charge is 0.360 e. The van der Waals surface area contributed by atoms with Crippen LogP contribution in [0.2, 0.25) is 0 Å². The minimum absolute atomic E-state index is 0.0194. The molecule has 82 valence electrons. The van der Waals surface area contributed by atoms with Crippen LogP contribution in [0.4, 0.5) is 0 Å². The van der Waals surface area contributed by atoms with E-state index in [0.29, 0.717) is 11.5 Å². The van der Waals surface area contributed by atoms with Crippen LogP contribution in [0.1, 0.15) is 47.5 Å². The van der Waals surface area contributed by atoms with Gasteiger partial charge in [0.05, 0.1) is 0 Å². The molecule has 0 heterocycles. The van der Waals surface area contributed by atoms with E-state index in [1.165, 1.54) is 12.8 Å². The van der Waals surface area contributed by atoms with Crippen LogP contribution in [0.3, 0.4) is 0 Å². The molecule has 0 radical (unpaired) electrons. The second kappa shape index (κ2) is 3.25. The first-order chi connectivity index (χ1) is 6.13. The van der Waals surface area contributed by atoms with Gasteiger partial charge in [-0.15, -0.1) is 0 Å². The van der Waals surface area contributed by atoms with Gasteiger partial charge in [0.25, 0.3) is 0 Å². The van der Waals surface area contributed by atoms with Crippen molar-refractivity contribution in [3.8, 4) is 0 Å². The molecule has 0 amide bonds. The van der Waals surface area contributed by atoms with Gasteiger partial charge in [0, 0.05) is 18.5 Å². The molecule has 0 aliphatic heterocycles. The van der Waals surface area contributed by atoms with Gasteiger partial charge in [-0.05, 0) is 18.3 Å². The van der Waals surface area contributed by atoms with E-state index in [1.54, 1.807) is 0 Å². The van der Waals surface area contributed by atoms with E-state index in [2.05, 4.69) is 46.6 Å². The molecule has 1 N–H and O–H groups in total. The fourth-order valence-electron chi connectivity index (χ4n) is 2.20. The molecule has 1 aliphatic rings. The van der Waals surface area contributed by atoms with Crippen molar-refractivity contribution in [3.63, 3.8) is 0 Å². The maximum absolute atomic E-state index is 8.07. The normalized spacial score (nSPS) is 21.6. The zero-order valence-corrected chi connectivity index (χ0v) is 10.4. The van der Waals surface area contributed by atoms with E-state index >= 15 is 0 Å². The van der Waals surface area contributed by atoms with Gasteiger partial charge in [-0.25, -0.2) is 0 Å². The molecule has 1 aliphatic carbocycles. The predicted molar refractivity (Wildman–Crippen MR) is 61.7 cm³/mol. The Bertz CT molecular complexity index is 227. The first-order valence-electron chi connectivity index (χ1n) is 5.45. The SMILES string of the molecule is CN(C(=N)C(C)(C)C)C1CC(C)(C)C1. The Morgan fingerprint density at radius 2 is 1.71 bits per heavy atom. The highest BCUT2D eigenvalue weighted by Gasteiger charge is 2.40. The minimum Gasteiger partial charge on any atom is -0.360 e. The van der Waals surface area contributed by atoms with E-state index in [-0.39, 0.29) is 5.41 Å². The van der Waals surface area contributed by atoms with Gasteiger partial charge < -0.3 is 4.90 Å². The van der Waals surface area contributed by atoms with Crippen molar-refractivity contribution in [1.82, 2.24) is 4.90 Å². The first-order valence-corrected chi connectivity index (χ1v) is 5.45. The van der Waals surface area contributed by atoms with Gasteiger partial charge in [-0.1, -0.05) is 34.6 Å². The molecule has 0 aromatic carbocycles. The van der Waals surface area contributed by atoms with Crippen molar-refractivity contribution in [2.75, 3.05) is 7.05 Å². The number of hydrogen-bond acceptors (Lipinski definition) is 1. The van der Waals surface area contributed by atoms with E-state index < -0.39 is 0 Å². The number of nitrogens with zero attached hydrogens (tertiary/aromatic N) is 1. The van der Waals surface area contributed by atoms with Crippen LogP contribution in [-0.4, -0.2) is 23.8 Å². The van der Waals surface area contributed by atoms with Crippen LogP contribution >= 0.6 is 0 Å². The summed E-state index contributed by atoms with van der Waals surface area (Å²) in [6, 6.07) is 0.594. The lowest BCUT2D eigenvalue weighted by Gasteiger charge is -2.49. The maximum Gasteiger partial charge on any atom is 0.101 e. The quantitative estimate of drug-likeness (QED) is 0.506. The summed E-state index contributed by atoms with van der Waals surface area (Å²) in [5.74, 6) is 0.762. The standard InChI is InChI=1S/C12H24N2/c1-11(2,3)10(13)14(6)9-7-12(4,5)8-9/h9,13H,7-8H2,1-6H3. The average Bonchev–Trinajstić information content (AvgIpc) is 1.95. The van der Waals surface area contributed by atoms with Crippen molar-refractivity contribution < 1.29 is 0 Å². The summed E-state index contributed by atoms with van der Waals surface area (Å²) in [6.07, 6.45) is 2.45. The third kappa shape index (κ3) is 2.28. The molecular formula is C12H24N2. The van der Waals surface area contributed by atoms with Crippen LogP contribution in [0, 0.1) is 16.2 Å². The number of rotatable bonds is 1. The molecule has 1 fully saturated rings. The van der Waals surface area contributed by atoms with E-state index in [0.717, 1.165) is 5.84 Å². The zero-order valence-electron chi connectivity index (χ0n) is 10.4. The summed E-state index contributed by atoms with van der Waals surface area (Å²) in [6.45, 7) is 10.9. The molecule has 0 atom stereocenters. The van der Waals surface area contributed by atoms with Gasteiger partial charge in [-0.3, -0.25) is 5.41 Å². The Kier molecular flexibility index (Phi) is 2.68. The molecule has 0 unspecified atom stereocenters. The maximum atomic E-state index is 8.07. The zero-order chi connectivity index (χ0) is 11.1. The molecule has 0 aromatic rings. The smallest absolute Gasteiger partial charge is 0.101 e. The van der Waals surface area contributed by atoms with Crippen LogP contribution in [-0.2, 0) is 0 Å². The second-order valence-corrected chi connectivity index (χ2v) is 6.44. The molecule has 0 bridgehead atoms. The summed E-state index contributed by atoms with van der Waals surface area (Å²) in [5.41, 5.74) is 0.478. The summed E-state index contributed by atoms with van der Waals surface area (Å²) in [4.78, 5) is 2.16. The van der Waals surface area contributed by atoms with E-state index in [9.17, 15) is 0 Å². The summed E-state index contributed by atoms with van der Waals surface area (Å²) < 4.78 is 0. The summed E-state index contributed by atoms with van der Waals surface area (Å²) in [7, 11) is 2.06. The van der Waals surface area contributed by atoms with Crippen LogP contribution < -0.4 is 0 Å². The van der Waals surface area contributed by atoms with Gasteiger partial charge in [-0.2, -0.15) is 0 Å². The summed E-state index contributed by atoms with van der Waals surface area (Å²) >= 11 is 0. The van der Waals surface area contributed by atoms with Crippen LogP contribution in [0.5, 0.6) is 0 Å². The topological polar surface area (TPSA) is 27.1 Å². The summed E-state index contributed by atoms with van der Waals surface area (Å²) in [5, 5.41) is 8.07. The fraction of sp³-hybridized carbons (Fsp3) is 0.917. The van der Waals surface area contributed by atoms with E-state index in [4.69, 9.17) is 5.41 Å². The third-order valence-electron chi connectivity index (χ3n) is 3.19. The lowest BCUT2D eigenvalue weighted by molar-refractivity contribution is 0.0742. The Labute approximate surface area is 88.2 Å². The molecule has 0 saturated heterocycles. The number of amidine groups is 1. The van der Waals surface area contributed by atoms with Crippen molar-refractivity contribution in [3.05, 3.63) is 0 Å². The minimum atomic E-state index is -0.0194. The molecule has 1 rings (SSSR count). The van der Waals surface area contributed by atoms with E-state index in [1.807, 2.05) is 0 Å². The molecule has 14 heavy (non-hydrogen) atoms. The lowest BCUT2D eigenvalue weighted by atomic mass is 9.67. The van der Waals surface area contributed by atoms with Gasteiger partial charge in [0.15, 0.2) is 0 Å². The first kappa shape index (κ1) is 11.5. The lowest BCUT2D eigenvalue weighted by Crippen LogP contribution is -2.51. The Morgan fingerprint density at radius 3 is 2.00 bits per heavy atom. The number of hydrogen-bond donors (Lipinski definition) is 1. The Morgan fingerprint density at radius 1 is 1.29 bits per heavy atom. The van der Waals surface area contributed by atoms with Crippen LogP contribution in [0.15, 0.2) is 0 Å². The average molecular weight is 196 g/mol. The van der Waals surface area contributed by atoms with Crippen LogP contribution in [0.25, 0.3) is 0 Å². The molecule has 2 heteroatoms. The highest BCUT2D eigenvalue weighted by molar-refractivity contribution is 5.84. The Balaban J connectivity index is 2.52. The monoisotopic (exact) mass is 196 g/mol. The van der Waals surface area contributed by atoms with Crippen molar-refractivity contribution in [2.24, 2.45) is 10.8 Å². The second-order valence-electron chi connectivity index (χ2n) is 6.44. The third-order valence-corrected chi connectivity index (χ3v) is 3.19. The number of nitrogens with one attached hydrogen (secondary N) is 1. The molecule has 2 nitrogen and oxygen atoms in total. The molecular weight excluding hydrogens is 172 g/mol. The van der Waals surface area contributed by atoms with Gasteiger partial charge >= 0.3 is 0 Å². The van der Waals surface area contributed by atoms with Crippen molar-refractivity contribution in [2.45, 2.75) is 53.5 Å². The van der Waals surface area contributed by atoms with Crippen molar-refractivity contribution >= 4 is 5.84 Å². The highest BCUT2D eigenvalue weighted by atomic mass is 15.2. The fourth-order valence-corrected chi connectivity index (χ4v) is 2.20. The molecule has 0 aromatic heterocycles. The Hall–Kier alpha value is -0.530. The molecule has 1 saturated carbocycles. The molecule has 0 spiro atoms. The predicted octanol–water partition coefficient (Wildman–Crippen LogP) is 3.13. The highest BCUT2D eigenvalue weighted by Crippen LogP contribution is 2.43. The van der Waals surface area contributed by atoms with Gasteiger partial charge in [0.1, 0.15) is 5.84 Å². The van der Waals surface area contributed by atoms with Crippen molar-refractivity contribution in [1.29, 1.82) is 5.41 Å².